The Labute approximate surface area is 101 Å². The van der Waals surface area contributed by atoms with Crippen molar-refractivity contribution in [2.75, 3.05) is 27.3 Å². The third kappa shape index (κ3) is 3.00. The number of nitrogens with one attached hydrogen (secondary N) is 1. The summed E-state index contributed by atoms with van der Waals surface area (Å²) in [6, 6.07) is 1.76. The number of piperidine rings is 1. The summed E-state index contributed by atoms with van der Waals surface area (Å²) in [4.78, 5) is 4.08. The zero-order valence-electron chi connectivity index (χ0n) is 10.2. The highest BCUT2D eigenvalue weighted by Gasteiger charge is 2.17. The van der Waals surface area contributed by atoms with Gasteiger partial charge in [0.25, 0.3) is 0 Å². The van der Waals surface area contributed by atoms with Gasteiger partial charge in [-0.1, -0.05) is 0 Å². The first-order chi connectivity index (χ1) is 8.33. The zero-order valence-corrected chi connectivity index (χ0v) is 10.2. The topological polar surface area (TPSA) is 52.6 Å². The highest BCUT2D eigenvalue weighted by atomic mass is 16.5. The lowest BCUT2D eigenvalue weighted by molar-refractivity contribution is 0.156. The summed E-state index contributed by atoms with van der Waals surface area (Å²) < 4.78 is 16.2. The first kappa shape index (κ1) is 12.0. The molecule has 5 heteroatoms. The molecule has 2 rings (SSSR count). The van der Waals surface area contributed by atoms with Crippen LogP contribution >= 0.6 is 0 Å². The van der Waals surface area contributed by atoms with E-state index in [1.165, 1.54) is 0 Å². The molecule has 0 atom stereocenters. The van der Waals surface area contributed by atoms with Crippen molar-refractivity contribution in [3.8, 4) is 17.4 Å². The smallest absolute Gasteiger partial charge is 0.216 e. The summed E-state index contributed by atoms with van der Waals surface area (Å²) in [7, 11) is 3.20. The number of hydrogen-bond acceptors (Lipinski definition) is 5. The van der Waals surface area contributed by atoms with Crippen molar-refractivity contribution < 1.29 is 14.2 Å². The quantitative estimate of drug-likeness (QED) is 0.855. The molecule has 1 aliphatic rings. The molecule has 1 aromatic rings. The number of rotatable bonds is 4. The maximum absolute atomic E-state index is 5.93. The van der Waals surface area contributed by atoms with Crippen molar-refractivity contribution in [2.24, 2.45) is 0 Å². The van der Waals surface area contributed by atoms with Crippen LogP contribution in [-0.4, -0.2) is 38.4 Å². The van der Waals surface area contributed by atoms with Gasteiger partial charge in [0, 0.05) is 6.07 Å². The van der Waals surface area contributed by atoms with E-state index in [4.69, 9.17) is 14.2 Å². The Kier molecular flexibility index (Phi) is 4.03. The van der Waals surface area contributed by atoms with Gasteiger partial charge >= 0.3 is 0 Å². The van der Waals surface area contributed by atoms with Gasteiger partial charge in [-0.2, -0.15) is 0 Å². The Morgan fingerprint density at radius 1 is 1.18 bits per heavy atom. The van der Waals surface area contributed by atoms with Crippen LogP contribution in [0, 0.1) is 0 Å². The lowest BCUT2D eigenvalue weighted by atomic mass is 10.1. The molecule has 1 N–H and O–H groups in total. The second-order valence-corrected chi connectivity index (χ2v) is 3.94. The fraction of sp³-hybridized carbons (Fsp3) is 0.583. The Morgan fingerprint density at radius 3 is 2.59 bits per heavy atom. The Bertz CT molecular complexity index is 365. The molecule has 0 aliphatic carbocycles. The zero-order chi connectivity index (χ0) is 12.1. The van der Waals surface area contributed by atoms with Gasteiger partial charge in [-0.25, -0.2) is 4.98 Å². The first-order valence-corrected chi connectivity index (χ1v) is 5.79. The molecule has 1 aromatic heterocycles. The molecule has 94 valence electrons. The number of pyridine rings is 1. The molecular formula is C12H18N2O3. The molecule has 0 saturated carbocycles. The van der Waals surface area contributed by atoms with E-state index in [0.717, 1.165) is 25.9 Å². The van der Waals surface area contributed by atoms with E-state index < -0.39 is 0 Å². The minimum Gasteiger partial charge on any atom is -0.491 e. The van der Waals surface area contributed by atoms with Crippen LogP contribution in [0.25, 0.3) is 0 Å². The minimum absolute atomic E-state index is 0.234. The molecule has 1 aliphatic heterocycles. The average molecular weight is 238 g/mol. The van der Waals surface area contributed by atoms with E-state index >= 15 is 0 Å². The third-order valence-electron chi connectivity index (χ3n) is 2.82. The van der Waals surface area contributed by atoms with Gasteiger partial charge in [0.2, 0.25) is 5.88 Å². The predicted molar refractivity (Wildman–Crippen MR) is 63.9 cm³/mol. The van der Waals surface area contributed by atoms with E-state index in [2.05, 4.69) is 10.3 Å². The van der Waals surface area contributed by atoms with E-state index in [1.54, 1.807) is 26.5 Å². The molecule has 0 aromatic carbocycles. The monoisotopic (exact) mass is 238 g/mol. The minimum atomic E-state index is 0.234. The fourth-order valence-electron chi connectivity index (χ4n) is 1.86. The van der Waals surface area contributed by atoms with Crippen LogP contribution in [0.4, 0.5) is 0 Å². The lowest BCUT2D eigenvalue weighted by Crippen LogP contribution is -2.34. The maximum atomic E-state index is 5.93. The van der Waals surface area contributed by atoms with Crippen molar-refractivity contribution in [1.82, 2.24) is 10.3 Å². The van der Waals surface area contributed by atoms with E-state index in [0.29, 0.717) is 17.4 Å². The molecule has 0 amide bonds. The summed E-state index contributed by atoms with van der Waals surface area (Å²) in [5, 5.41) is 3.30. The van der Waals surface area contributed by atoms with E-state index in [1.807, 2.05) is 0 Å². The number of ether oxygens (including phenoxy) is 3. The van der Waals surface area contributed by atoms with Crippen molar-refractivity contribution in [3.63, 3.8) is 0 Å². The van der Waals surface area contributed by atoms with Crippen molar-refractivity contribution >= 4 is 0 Å². The second kappa shape index (κ2) is 5.72. The summed E-state index contributed by atoms with van der Waals surface area (Å²) in [5.74, 6) is 1.88. The van der Waals surface area contributed by atoms with Gasteiger partial charge in [0.15, 0.2) is 11.5 Å². The highest BCUT2D eigenvalue weighted by molar-refractivity contribution is 5.41. The van der Waals surface area contributed by atoms with Gasteiger partial charge in [0.1, 0.15) is 6.10 Å². The maximum Gasteiger partial charge on any atom is 0.216 e. The standard InChI is InChI=1S/C12H18N2O3/c1-15-11-8-14-12(16-2)7-10(11)17-9-3-5-13-6-4-9/h7-9,13H,3-6H2,1-2H3. The summed E-state index contributed by atoms with van der Waals surface area (Å²) in [5.41, 5.74) is 0. The Morgan fingerprint density at radius 2 is 1.94 bits per heavy atom. The largest absolute Gasteiger partial charge is 0.491 e. The van der Waals surface area contributed by atoms with Gasteiger partial charge < -0.3 is 19.5 Å². The highest BCUT2D eigenvalue weighted by Crippen LogP contribution is 2.31. The number of methoxy groups -OCH3 is 2. The molecule has 1 fully saturated rings. The van der Waals surface area contributed by atoms with Crippen LogP contribution < -0.4 is 19.5 Å². The molecule has 1 saturated heterocycles. The average Bonchev–Trinajstić information content (AvgIpc) is 2.40. The predicted octanol–water partition coefficient (Wildman–Crippen LogP) is 1.23. The van der Waals surface area contributed by atoms with Crippen LogP contribution in [0.3, 0.4) is 0 Å². The normalized spacial score (nSPS) is 16.6. The molecule has 0 spiro atoms. The van der Waals surface area contributed by atoms with E-state index in [9.17, 15) is 0 Å². The summed E-state index contributed by atoms with van der Waals surface area (Å²) >= 11 is 0. The van der Waals surface area contributed by atoms with Crippen molar-refractivity contribution in [2.45, 2.75) is 18.9 Å². The van der Waals surface area contributed by atoms with Crippen LogP contribution in [-0.2, 0) is 0 Å². The van der Waals surface area contributed by atoms with Crippen molar-refractivity contribution in [1.29, 1.82) is 0 Å². The molecule has 17 heavy (non-hydrogen) atoms. The number of hydrogen-bond donors (Lipinski definition) is 1. The number of nitrogens with zero attached hydrogens (tertiary/aromatic N) is 1. The molecule has 0 radical (unpaired) electrons. The molecule has 0 bridgehead atoms. The number of aromatic nitrogens is 1. The molecule has 2 heterocycles. The Balaban J connectivity index is 2.11. The summed E-state index contributed by atoms with van der Waals surface area (Å²) in [6.07, 6.45) is 3.87. The fourth-order valence-corrected chi connectivity index (χ4v) is 1.86. The summed E-state index contributed by atoms with van der Waals surface area (Å²) in [6.45, 7) is 1.99. The van der Waals surface area contributed by atoms with Crippen LogP contribution in [0.5, 0.6) is 17.4 Å². The third-order valence-corrected chi connectivity index (χ3v) is 2.82. The Hall–Kier alpha value is -1.49. The van der Waals surface area contributed by atoms with Gasteiger partial charge in [-0.3, -0.25) is 0 Å². The molecule has 5 nitrogen and oxygen atoms in total. The first-order valence-electron chi connectivity index (χ1n) is 5.79. The van der Waals surface area contributed by atoms with Crippen LogP contribution in [0.15, 0.2) is 12.3 Å². The molecule has 0 unspecified atom stereocenters. The van der Waals surface area contributed by atoms with Crippen molar-refractivity contribution in [3.05, 3.63) is 12.3 Å². The lowest BCUT2D eigenvalue weighted by Gasteiger charge is -2.24. The van der Waals surface area contributed by atoms with Gasteiger partial charge in [-0.05, 0) is 25.9 Å². The van der Waals surface area contributed by atoms with Crippen LogP contribution in [0.1, 0.15) is 12.8 Å². The molecular weight excluding hydrogens is 220 g/mol. The van der Waals surface area contributed by atoms with Gasteiger partial charge in [0.05, 0.1) is 20.4 Å². The second-order valence-electron chi connectivity index (χ2n) is 3.94. The van der Waals surface area contributed by atoms with Crippen LogP contribution in [0.2, 0.25) is 0 Å². The van der Waals surface area contributed by atoms with E-state index in [-0.39, 0.29) is 6.10 Å². The SMILES string of the molecule is COc1cc(OC2CCNCC2)c(OC)cn1. The van der Waals surface area contributed by atoms with Gasteiger partial charge in [-0.15, -0.1) is 0 Å².